The van der Waals surface area contributed by atoms with Crippen LogP contribution >= 0.6 is 11.8 Å². The van der Waals surface area contributed by atoms with Crippen molar-refractivity contribution in [3.05, 3.63) is 5.92 Å². The average molecular weight is 227 g/mol. The number of hydrogen-bond acceptors (Lipinski definition) is 1. The van der Waals surface area contributed by atoms with E-state index < -0.39 is 0 Å². The molecule has 0 heterocycles. The first-order chi connectivity index (χ1) is 7.08. The lowest BCUT2D eigenvalue weighted by atomic mass is 9.99. The van der Waals surface area contributed by atoms with E-state index >= 15 is 0 Å². The van der Waals surface area contributed by atoms with Crippen LogP contribution in [0.25, 0.3) is 0 Å². The molecule has 0 nitrogen and oxygen atoms in total. The van der Waals surface area contributed by atoms with Crippen LogP contribution in [0.1, 0.15) is 72.1 Å². The first kappa shape index (κ1) is 13.4. The predicted molar refractivity (Wildman–Crippen MR) is 72.4 cm³/mol. The SMILES string of the molecule is CC(C)(C)SC[C]1CCCCCCCC1. The summed E-state index contributed by atoms with van der Waals surface area (Å²) in [6, 6.07) is 0. The van der Waals surface area contributed by atoms with Gasteiger partial charge in [-0.3, -0.25) is 0 Å². The highest BCUT2D eigenvalue weighted by Gasteiger charge is 2.16. The molecule has 1 heteroatoms. The molecular formula is C14H27S. The molecule has 0 aromatic carbocycles. The Labute approximate surface area is 101 Å². The van der Waals surface area contributed by atoms with Crippen LogP contribution in [0.5, 0.6) is 0 Å². The standard InChI is InChI=1S/C14H27S/c1-14(2,3)15-12-13-10-8-6-4-5-7-9-11-13/h4-12H2,1-3H3. The summed E-state index contributed by atoms with van der Waals surface area (Å²) in [5.41, 5.74) is 0. The Kier molecular flexibility index (Phi) is 6.11. The van der Waals surface area contributed by atoms with Crippen LogP contribution in [0, 0.1) is 5.92 Å². The van der Waals surface area contributed by atoms with Crippen LogP contribution in [0.2, 0.25) is 0 Å². The minimum Gasteiger partial charge on any atom is -0.155 e. The summed E-state index contributed by atoms with van der Waals surface area (Å²) >= 11 is 2.13. The van der Waals surface area contributed by atoms with Gasteiger partial charge in [-0.05, 0) is 18.8 Å². The smallest absolute Gasteiger partial charge is 0.00753 e. The maximum Gasteiger partial charge on any atom is 0.00753 e. The molecule has 0 saturated heterocycles. The van der Waals surface area contributed by atoms with Gasteiger partial charge in [0.2, 0.25) is 0 Å². The number of hydrogen-bond donors (Lipinski definition) is 0. The molecule has 0 aromatic heterocycles. The van der Waals surface area contributed by atoms with Gasteiger partial charge in [0.25, 0.3) is 0 Å². The molecule has 0 unspecified atom stereocenters. The van der Waals surface area contributed by atoms with E-state index in [4.69, 9.17) is 0 Å². The van der Waals surface area contributed by atoms with Gasteiger partial charge in [0.1, 0.15) is 0 Å². The summed E-state index contributed by atoms with van der Waals surface area (Å²) < 4.78 is 0.436. The second kappa shape index (κ2) is 6.83. The summed E-state index contributed by atoms with van der Waals surface area (Å²) in [6.07, 6.45) is 11.6. The van der Waals surface area contributed by atoms with Crippen LogP contribution in [0.15, 0.2) is 0 Å². The predicted octanol–water partition coefficient (Wildman–Crippen LogP) is 5.23. The molecule has 89 valence electrons. The van der Waals surface area contributed by atoms with Crippen molar-refractivity contribution in [2.24, 2.45) is 0 Å². The highest BCUT2D eigenvalue weighted by molar-refractivity contribution is 8.00. The van der Waals surface area contributed by atoms with Crippen LogP contribution in [0.4, 0.5) is 0 Å². The number of thioether (sulfide) groups is 1. The van der Waals surface area contributed by atoms with Crippen molar-refractivity contribution < 1.29 is 0 Å². The number of rotatable bonds is 2. The fraction of sp³-hybridized carbons (Fsp3) is 0.929. The molecular weight excluding hydrogens is 200 g/mol. The van der Waals surface area contributed by atoms with Crippen LogP contribution in [-0.2, 0) is 0 Å². The van der Waals surface area contributed by atoms with E-state index in [1.807, 2.05) is 5.92 Å². The van der Waals surface area contributed by atoms with Gasteiger partial charge < -0.3 is 0 Å². The highest BCUT2D eigenvalue weighted by Crippen LogP contribution is 2.31. The van der Waals surface area contributed by atoms with Gasteiger partial charge in [-0.2, -0.15) is 11.8 Å². The monoisotopic (exact) mass is 227 g/mol. The molecule has 0 aromatic rings. The zero-order chi connectivity index (χ0) is 11.1. The van der Waals surface area contributed by atoms with E-state index in [-0.39, 0.29) is 0 Å². The Balaban J connectivity index is 2.24. The average Bonchev–Trinajstić information content (AvgIpc) is 2.26. The molecule has 0 amide bonds. The second-order valence-electron chi connectivity index (χ2n) is 5.77. The zero-order valence-electron chi connectivity index (χ0n) is 10.8. The van der Waals surface area contributed by atoms with Crippen molar-refractivity contribution in [2.45, 2.75) is 76.9 Å². The Morgan fingerprint density at radius 3 is 1.80 bits per heavy atom. The molecule has 1 fully saturated rings. The Morgan fingerprint density at radius 2 is 1.33 bits per heavy atom. The molecule has 0 bridgehead atoms. The maximum absolute atomic E-state index is 2.33. The first-order valence-corrected chi connectivity index (χ1v) is 7.54. The van der Waals surface area contributed by atoms with E-state index in [1.54, 1.807) is 0 Å². The van der Waals surface area contributed by atoms with E-state index in [1.165, 1.54) is 57.1 Å². The molecule has 1 radical (unpaired) electrons. The maximum atomic E-state index is 2.33. The third-order valence-electron chi connectivity index (χ3n) is 3.02. The fourth-order valence-electron chi connectivity index (χ4n) is 2.05. The minimum absolute atomic E-state index is 0.436. The van der Waals surface area contributed by atoms with Gasteiger partial charge in [0.05, 0.1) is 0 Å². The van der Waals surface area contributed by atoms with Crippen molar-refractivity contribution in [1.82, 2.24) is 0 Å². The largest absolute Gasteiger partial charge is 0.155 e. The van der Waals surface area contributed by atoms with Crippen LogP contribution in [-0.4, -0.2) is 10.5 Å². The lowest BCUT2D eigenvalue weighted by Crippen LogP contribution is -2.12. The van der Waals surface area contributed by atoms with E-state index in [9.17, 15) is 0 Å². The lowest BCUT2D eigenvalue weighted by Gasteiger charge is -2.22. The molecule has 15 heavy (non-hydrogen) atoms. The van der Waals surface area contributed by atoms with Gasteiger partial charge >= 0.3 is 0 Å². The Bertz CT molecular complexity index is 147. The fourth-order valence-corrected chi connectivity index (χ4v) is 2.97. The molecule has 0 aliphatic heterocycles. The summed E-state index contributed by atoms with van der Waals surface area (Å²) in [5.74, 6) is 3.14. The Morgan fingerprint density at radius 1 is 0.867 bits per heavy atom. The topological polar surface area (TPSA) is 0 Å². The van der Waals surface area contributed by atoms with Crippen molar-refractivity contribution in [1.29, 1.82) is 0 Å². The summed E-state index contributed by atoms with van der Waals surface area (Å²) in [4.78, 5) is 0. The normalized spacial score (nSPS) is 21.8. The van der Waals surface area contributed by atoms with Crippen molar-refractivity contribution in [2.75, 3.05) is 5.75 Å². The van der Waals surface area contributed by atoms with Gasteiger partial charge in [0.15, 0.2) is 0 Å². The van der Waals surface area contributed by atoms with Crippen molar-refractivity contribution >= 4 is 11.8 Å². The molecule has 1 saturated carbocycles. The van der Waals surface area contributed by atoms with Gasteiger partial charge in [-0.15, -0.1) is 0 Å². The Hall–Kier alpha value is 0.350. The van der Waals surface area contributed by atoms with Crippen LogP contribution < -0.4 is 0 Å². The molecule has 1 aliphatic carbocycles. The van der Waals surface area contributed by atoms with Gasteiger partial charge in [-0.1, -0.05) is 59.3 Å². The molecule has 1 rings (SSSR count). The van der Waals surface area contributed by atoms with E-state index in [0.717, 1.165) is 0 Å². The summed E-state index contributed by atoms with van der Waals surface area (Å²) in [7, 11) is 0. The highest BCUT2D eigenvalue weighted by atomic mass is 32.2. The second-order valence-corrected chi connectivity index (χ2v) is 7.57. The molecule has 0 spiro atoms. The van der Waals surface area contributed by atoms with Gasteiger partial charge in [-0.25, -0.2) is 0 Å². The molecule has 0 atom stereocenters. The molecule has 0 N–H and O–H groups in total. The van der Waals surface area contributed by atoms with Crippen molar-refractivity contribution in [3.63, 3.8) is 0 Å². The minimum atomic E-state index is 0.436. The third-order valence-corrected chi connectivity index (χ3v) is 4.44. The molecule has 1 aliphatic rings. The van der Waals surface area contributed by atoms with E-state index in [2.05, 4.69) is 32.5 Å². The summed E-state index contributed by atoms with van der Waals surface area (Å²) in [5, 5.41) is 0. The zero-order valence-corrected chi connectivity index (χ0v) is 11.6. The van der Waals surface area contributed by atoms with Gasteiger partial charge in [0, 0.05) is 10.5 Å². The third kappa shape index (κ3) is 7.27. The summed E-state index contributed by atoms with van der Waals surface area (Å²) in [6.45, 7) is 6.98. The quantitative estimate of drug-likeness (QED) is 0.622. The van der Waals surface area contributed by atoms with Crippen molar-refractivity contribution in [3.8, 4) is 0 Å². The van der Waals surface area contributed by atoms with Crippen LogP contribution in [0.3, 0.4) is 0 Å². The first-order valence-electron chi connectivity index (χ1n) is 6.55. The lowest BCUT2D eigenvalue weighted by molar-refractivity contribution is 0.624. The van der Waals surface area contributed by atoms with E-state index in [0.29, 0.717) is 4.75 Å².